The molecule has 1 saturated carbocycles. The van der Waals surface area contributed by atoms with Gasteiger partial charge in [-0.05, 0) is 43.9 Å². The third-order valence-electron chi connectivity index (χ3n) is 4.26. The van der Waals surface area contributed by atoms with Crippen molar-refractivity contribution in [3.8, 4) is 17.5 Å². The molecule has 1 aliphatic carbocycles. The topological polar surface area (TPSA) is 65.4 Å². The Kier molecular flexibility index (Phi) is 6.06. The van der Waals surface area contributed by atoms with Gasteiger partial charge in [-0.15, -0.1) is 0 Å². The predicted octanol–water partition coefficient (Wildman–Crippen LogP) is 4.19. The zero-order valence-corrected chi connectivity index (χ0v) is 16.5. The summed E-state index contributed by atoms with van der Waals surface area (Å²) < 4.78 is 13.4. The molecule has 0 aliphatic heterocycles. The van der Waals surface area contributed by atoms with Crippen molar-refractivity contribution < 1.29 is 14.3 Å². The lowest BCUT2D eigenvalue weighted by Gasteiger charge is -2.10. The first-order chi connectivity index (χ1) is 12.9. The number of imidazole rings is 1. The van der Waals surface area contributed by atoms with Crippen LogP contribution in [0, 0.1) is 5.92 Å². The molecule has 144 valence electrons. The van der Waals surface area contributed by atoms with Crippen LogP contribution in [0.2, 0.25) is 5.02 Å². The molecule has 1 aliphatic rings. The first kappa shape index (κ1) is 19.3. The fraction of sp³-hybridized carbons (Fsp3) is 0.400. The van der Waals surface area contributed by atoms with Crippen LogP contribution in [0.25, 0.3) is 6.08 Å². The van der Waals surface area contributed by atoms with Crippen molar-refractivity contribution in [1.82, 2.24) is 14.9 Å². The summed E-state index contributed by atoms with van der Waals surface area (Å²) in [5.74, 6) is 1.88. The number of carbonyl (C=O) groups is 1. The molecular weight excluding hydrogens is 366 g/mol. The van der Waals surface area contributed by atoms with Gasteiger partial charge in [-0.1, -0.05) is 17.7 Å². The highest BCUT2D eigenvalue weighted by molar-refractivity contribution is 6.32. The van der Waals surface area contributed by atoms with Crippen molar-refractivity contribution in [2.24, 2.45) is 13.0 Å². The van der Waals surface area contributed by atoms with Crippen molar-refractivity contribution in [3.63, 3.8) is 0 Å². The Balaban J connectivity index is 1.64. The maximum Gasteiger partial charge on any atom is 0.302 e. The van der Waals surface area contributed by atoms with Crippen molar-refractivity contribution in [2.75, 3.05) is 6.61 Å². The second-order valence-electron chi connectivity index (χ2n) is 6.82. The second-order valence-corrected chi connectivity index (χ2v) is 7.23. The molecule has 2 aromatic rings. The summed E-state index contributed by atoms with van der Waals surface area (Å²) in [7, 11) is 1.85. The second kappa shape index (κ2) is 8.48. The number of hydrogen-bond acceptors (Lipinski definition) is 4. The molecule has 1 fully saturated rings. The average molecular weight is 390 g/mol. The number of rotatable bonds is 8. The first-order valence-corrected chi connectivity index (χ1v) is 9.37. The van der Waals surface area contributed by atoms with Gasteiger partial charge in [-0.3, -0.25) is 9.36 Å². The molecule has 1 N–H and O–H groups in total. The maximum atomic E-state index is 11.1. The highest BCUT2D eigenvalue weighted by Gasteiger charge is 2.22. The molecule has 1 heterocycles. The van der Waals surface area contributed by atoms with E-state index >= 15 is 0 Å². The largest absolute Gasteiger partial charge is 0.493 e. The molecule has 3 rings (SSSR count). The third kappa shape index (κ3) is 5.50. The molecule has 0 bridgehead atoms. The minimum atomic E-state index is -0.0700. The molecule has 1 atom stereocenters. The Morgan fingerprint density at radius 2 is 2.26 bits per heavy atom. The number of aromatic nitrogens is 2. The lowest BCUT2D eigenvalue weighted by Crippen LogP contribution is -2.28. The molecule has 0 radical (unpaired) electrons. The van der Waals surface area contributed by atoms with E-state index in [0.717, 1.165) is 18.1 Å². The summed E-state index contributed by atoms with van der Waals surface area (Å²) >= 11 is 6.32. The Hall–Kier alpha value is -2.47. The fourth-order valence-corrected chi connectivity index (χ4v) is 2.73. The summed E-state index contributed by atoms with van der Waals surface area (Å²) in [5, 5.41) is 3.27. The van der Waals surface area contributed by atoms with Crippen LogP contribution < -0.4 is 14.8 Å². The van der Waals surface area contributed by atoms with Gasteiger partial charge in [0.05, 0.1) is 23.5 Å². The summed E-state index contributed by atoms with van der Waals surface area (Å²) in [4.78, 5) is 15.4. The third-order valence-corrected chi connectivity index (χ3v) is 4.55. The zero-order chi connectivity index (χ0) is 19.4. The van der Waals surface area contributed by atoms with Gasteiger partial charge in [-0.2, -0.15) is 0 Å². The molecule has 1 amide bonds. The van der Waals surface area contributed by atoms with Crippen LogP contribution in [0.5, 0.6) is 17.5 Å². The van der Waals surface area contributed by atoms with Crippen LogP contribution in [-0.2, 0) is 11.8 Å². The molecule has 6 nitrogen and oxygen atoms in total. The zero-order valence-electron chi connectivity index (χ0n) is 15.7. The average Bonchev–Trinajstić information content (AvgIpc) is 3.37. The van der Waals surface area contributed by atoms with Crippen LogP contribution >= 0.6 is 11.6 Å². The van der Waals surface area contributed by atoms with Crippen molar-refractivity contribution in [3.05, 3.63) is 41.2 Å². The minimum absolute atomic E-state index is 0.0691. The van der Waals surface area contributed by atoms with Gasteiger partial charge in [0.2, 0.25) is 5.91 Å². The van der Waals surface area contributed by atoms with Crippen molar-refractivity contribution >= 4 is 23.6 Å². The highest BCUT2D eigenvalue weighted by atomic mass is 35.5. The highest BCUT2D eigenvalue weighted by Crippen LogP contribution is 2.34. The van der Waals surface area contributed by atoms with Crippen LogP contribution in [-0.4, -0.2) is 28.1 Å². The molecule has 1 aromatic heterocycles. The normalized spacial score (nSPS) is 15.0. The number of amides is 1. The van der Waals surface area contributed by atoms with E-state index in [1.807, 2.05) is 36.8 Å². The molecule has 0 unspecified atom stereocenters. The number of carbonyl (C=O) groups excluding carboxylic acids is 1. The smallest absolute Gasteiger partial charge is 0.302 e. The first-order valence-electron chi connectivity index (χ1n) is 8.99. The van der Waals surface area contributed by atoms with Gasteiger partial charge in [-0.25, -0.2) is 4.98 Å². The van der Waals surface area contributed by atoms with Crippen LogP contribution in [0.15, 0.2) is 30.5 Å². The molecular formula is C20H24ClN3O3. The Labute approximate surface area is 164 Å². The van der Waals surface area contributed by atoms with E-state index in [0.29, 0.717) is 22.7 Å². The summed E-state index contributed by atoms with van der Waals surface area (Å²) in [6, 6.07) is 5.75. The number of hydrogen-bond donors (Lipinski definition) is 1. The SMILES string of the molecule is CC(=O)N[C@@H](C)C=Cc1cnc(Oc2ccc(OCC3CC3)cc2Cl)n1C. The van der Waals surface area contributed by atoms with Gasteiger partial charge in [0, 0.05) is 26.1 Å². The quantitative estimate of drug-likeness (QED) is 0.735. The summed E-state index contributed by atoms with van der Waals surface area (Å²) in [6.45, 7) is 4.13. The standard InChI is InChI=1S/C20H24ClN3O3/c1-13(23-14(2)25)4-7-16-11-22-20(24(16)3)27-19-9-8-17(10-18(19)21)26-12-15-5-6-15/h4,7-11,13,15H,5-6,12H2,1-3H3,(H,23,25)/t13-/m0/s1. The molecule has 0 saturated heterocycles. The van der Waals surface area contributed by atoms with Crippen molar-refractivity contribution in [2.45, 2.75) is 32.7 Å². The number of benzene rings is 1. The lowest BCUT2D eigenvalue weighted by atomic mass is 10.3. The Bertz CT molecular complexity index is 843. The molecule has 1 aromatic carbocycles. The number of halogens is 1. The van der Waals surface area contributed by atoms with E-state index in [-0.39, 0.29) is 11.9 Å². The van der Waals surface area contributed by atoms with Gasteiger partial charge in [0.25, 0.3) is 0 Å². The minimum Gasteiger partial charge on any atom is -0.493 e. The number of nitrogens with one attached hydrogen (secondary N) is 1. The van der Waals surface area contributed by atoms with Crippen LogP contribution in [0.3, 0.4) is 0 Å². The van der Waals surface area contributed by atoms with E-state index in [2.05, 4.69) is 10.3 Å². The van der Waals surface area contributed by atoms with Gasteiger partial charge < -0.3 is 14.8 Å². The van der Waals surface area contributed by atoms with E-state index in [9.17, 15) is 4.79 Å². The molecule has 27 heavy (non-hydrogen) atoms. The molecule has 0 spiro atoms. The monoisotopic (exact) mass is 389 g/mol. The predicted molar refractivity (Wildman–Crippen MR) is 105 cm³/mol. The van der Waals surface area contributed by atoms with E-state index < -0.39 is 0 Å². The van der Waals surface area contributed by atoms with Gasteiger partial charge in [0.15, 0.2) is 0 Å². The number of nitrogens with zero attached hydrogens (tertiary/aromatic N) is 2. The summed E-state index contributed by atoms with van der Waals surface area (Å²) in [6.07, 6.45) is 7.97. The summed E-state index contributed by atoms with van der Waals surface area (Å²) in [5.41, 5.74) is 0.850. The van der Waals surface area contributed by atoms with Gasteiger partial charge in [0.1, 0.15) is 11.5 Å². The lowest BCUT2D eigenvalue weighted by molar-refractivity contribution is -0.119. The van der Waals surface area contributed by atoms with Crippen molar-refractivity contribution in [1.29, 1.82) is 0 Å². The molecule has 7 heteroatoms. The van der Waals surface area contributed by atoms with E-state index in [1.165, 1.54) is 19.8 Å². The van der Waals surface area contributed by atoms with Crippen LogP contribution in [0.4, 0.5) is 0 Å². The fourth-order valence-electron chi connectivity index (χ4n) is 2.52. The van der Waals surface area contributed by atoms with E-state index in [4.69, 9.17) is 21.1 Å². The maximum absolute atomic E-state index is 11.1. The Morgan fingerprint density at radius 1 is 1.48 bits per heavy atom. The number of ether oxygens (including phenoxy) is 2. The van der Waals surface area contributed by atoms with Crippen LogP contribution in [0.1, 0.15) is 32.4 Å². The van der Waals surface area contributed by atoms with Gasteiger partial charge >= 0.3 is 6.01 Å². The Morgan fingerprint density at radius 3 is 2.93 bits per heavy atom. The van der Waals surface area contributed by atoms with E-state index in [1.54, 1.807) is 18.3 Å².